The van der Waals surface area contributed by atoms with Gasteiger partial charge in [-0.3, -0.25) is 0 Å². The SMILES string of the molecule is CC(C)C1(C)CCNCC2CCCC21. The van der Waals surface area contributed by atoms with Crippen LogP contribution >= 0.6 is 0 Å². The first-order valence-electron chi connectivity index (χ1n) is 6.35. The summed E-state index contributed by atoms with van der Waals surface area (Å²) in [5.41, 5.74) is 0.602. The molecular weight excluding hydrogens is 170 g/mol. The second-order valence-corrected chi connectivity index (χ2v) is 5.91. The fourth-order valence-corrected chi connectivity index (χ4v) is 3.70. The molecule has 3 unspecified atom stereocenters. The lowest BCUT2D eigenvalue weighted by atomic mass is 9.64. The third kappa shape index (κ3) is 1.60. The molecule has 0 aromatic rings. The Morgan fingerprint density at radius 2 is 2.07 bits per heavy atom. The van der Waals surface area contributed by atoms with E-state index in [1.807, 2.05) is 0 Å². The molecule has 2 rings (SSSR count). The molecule has 2 aliphatic rings. The largest absolute Gasteiger partial charge is 0.316 e. The van der Waals surface area contributed by atoms with Crippen LogP contribution in [0, 0.1) is 23.2 Å². The molecule has 14 heavy (non-hydrogen) atoms. The minimum atomic E-state index is 0.602. The van der Waals surface area contributed by atoms with Crippen LogP contribution < -0.4 is 5.32 Å². The number of hydrogen-bond donors (Lipinski definition) is 1. The van der Waals surface area contributed by atoms with Crippen molar-refractivity contribution in [2.45, 2.75) is 46.5 Å². The van der Waals surface area contributed by atoms with Gasteiger partial charge in [-0.15, -0.1) is 0 Å². The van der Waals surface area contributed by atoms with Crippen LogP contribution in [0.3, 0.4) is 0 Å². The van der Waals surface area contributed by atoms with Crippen molar-refractivity contribution in [2.75, 3.05) is 13.1 Å². The van der Waals surface area contributed by atoms with E-state index in [2.05, 4.69) is 26.1 Å². The van der Waals surface area contributed by atoms with Crippen molar-refractivity contribution in [3.8, 4) is 0 Å². The Labute approximate surface area is 88.7 Å². The third-order valence-corrected chi connectivity index (χ3v) is 5.07. The fourth-order valence-electron chi connectivity index (χ4n) is 3.70. The molecule has 0 radical (unpaired) electrons. The molecule has 0 aromatic heterocycles. The monoisotopic (exact) mass is 195 g/mol. The molecule has 1 saturated heterocycles. The van der Waals surface area contributed by atoms with Gasteiger partial charge in [0.2, 0.25) is 0 Å². The van der Waals surface area contributed by atoms with E-state index in [4.69, 9.17) is 0 Å². The predicted molar refractivity (Wildman–Crippen MR) is 61.3 cm³/mol. The molecule has 1 aliphatic carbocycles. The highest BCUT2D eigenvalue weighted by Crippen LogP contribution is 2.50. The summed E-state index contributed by atoms with van der Waals surface area (Å²) < 4.78 is 0. The Morgan fingerprint density at radius 1 is 1.29 bits per heavy atom. The van der Waals surface area contributed by atoms with Gasteiger partial charge in [-0.1, -0.05) is 27.2 Å². The molecule has 0 amide bonds. The zero-order valence-corrected chi connectivity index (χ0v) is 9.97. The maximum absolute atomic E-state index is 3.63. The first-order chi connectivity index (χ1) is 6.64. The van der Waals surface area contributed by atoms with Gasteiger partial charge in [0.25, 0.3) is 0 Å². The van der Waals surface area contributed by atoms with E-state index in [1.54, 1.807) is 0 Å². The lowest BCUT2D eigenvalue weighted by Crippen LogP contribution is -2.34. The first kappa shape index (κ1) is 10.5. The Kier molecular flexibility index (Phi) is 2.88. The zero-order valence-electron chi connectivity index (χ0n) is 9.97. The van der Waals surface area contributed by atoms with Crippen molar-refractivity contribution in [1.82, 2.24) is 5.32 Å². The van der Waals surface area contributed by atoms with Gasteiger partial charge in [0.1, 0.15) is 0 Å². The summed E-state index contributed by atoms with van der Waals surface area (Å²) in [4.78, 5) is 0. The van der Waals surface area contributed by atoms with E-state index in [0.29, 0.717) is 5.41 Å². The highest BCUT2D eigenvalue weighted by molar-refractivity contribution is 4.95. The highest BCUT2D eigenvalue weighted by Gasteiger charge is 2.44. The summed E-state index contributed by atoms with van der Waals surface area (Å²) >= 11 is 0. The average molecular weight is 195 g/mol. The Hall–Kier alpha value is -0.0400. The Bertz CT molecular complexity index is 199. The van der Waals surface area contributed by atoms with Crippen molar-refractivity contribution in [3.05, 3.63) is 0 Å². The van der Waals surface area contributed by atoms with Gasteiger partial charge in [0, 0.05) is 0 Å². The van der Waals surface area contributed by atoms with Crippen LogP contribution in [-0.4, -0.2) is 13.1 Å². The first-order valence-corrected chi connectivity index (χ1v) is 6.35. The maximum Gasteiger partial charge on any atom is -0.00177 e. The molecule has 82 valence electrons. The van der Waals surface area contributed by atoms with E-state index < -0.39 is 0 Å². The van der Waals surface area contributed by atoms with Crippen molar-refractivity contribution < 1.29 is 0 Å². The molecule has 3 atom stereocenters. The van der Waals surface area contributed by atoms with Crippen molar-refractivity contribution in [2.24, 2.45) is 23.2 Å². The predicted octanol–water partition coefficient (Wildman–Crippen LogP) is 3.06. The number of fused-ring (bicyclic) bond motifs is 1. The molecule has 1 heteroatoms. The molecule has 1 nitrogen and oxygen atoms in total. The lowest BCUT2D eigenvalue weighted by molar-refractivity contribution is 0.0881. The Morgan fingerprint density at radius 3 is 2.79 bits per heavy atom. The van der Waals surface area contributed by atoms with Crippen molar-refractivity contribution in [3.63, 3.8) is 0 Å². The molecule has 1 aliphatic heterocycles. The van der Waals surface area contributed by atoms with Crippen LogP contribution in [-0.2, 0) is 0 Å². The standard InChI is InChI=1S/C13H25N/c1-10(2)13(3)7-8-14-9-11-5-4-6-12(11)13/h10-12,14H,4-9H2,1-3H3. The third-order valence-electron chi connectivity index (χ3n) is 5.07. The molecule has 1 N–H and O–H groups in total. The molecule has 0 bridgehead atoms. The molecule has 0 aromatic carbocycles. The van der Waals surface area contributed by atoms with Crippen LogP contribution in [0.4, 0.5) is 0 Å². The second-order valence-electron chi connectivity index (χ2n) is 5.91. The van der Waals surface area contributed by atoms with Crippen LogP contribution in [0.1, 0.15) is 46.5 Å². The minimum Gasteiger partial charge on any atom is -0.316 e. The van der Waals surface area contributed by atoms with Crippen LogP contribution in [0.5, 0.6) is 0 Å². The van der Waals surface area contributed by atoms with Crippen LogP contribution in [0.15, 0.2) is 0 Å². The minimum absolute atomic E-state index is 0.602. The molecule has 1 heterocycles. The van der Waals surface area contributed by atoms with E-state index in [0.717, 1.165) is 17.8 Å². The smallest absolute Gasteiger partial charge is 0.00177 e. The van der Waals surface area contributed by atoms with Gasteiger partial charge in [-0.2, -0.15) is 0 Å². The summed E-state index contributed by atoms with van der Waals surface area (Å²) in [6.07, 6.45) is 5.81. The van der Waals surface area contributed by atoms with Gasteiger partial charge in [0.15, 0.2) is 0 Å². The molecule has 0 spiro atoms. The maximum atomic E-state index is 3.63. The van der Waals surface area contributed by atoms with Crippen molar-refractivity contribution >= 4 is 0 Å². The highest BCUT2D eigenvalue weighted by atomic mass is 14.9. The molecule has 2 fully saturated rings. The summed E-state index contributed by atoms with van der Waals surface area (Å²) in [7, 11) is 0. The average Bonchev–Trinajstić information content (AvgIpc) is 2.54. The molecule has 1 saturated carbocycles. The second kappa shape index (κ2) is 3.84. The summed E-state index contributed by atoms with van der Waals surface area (Å²) in [6, 6.07) is 0. The summed E-state index contributed by atoms with van der Waals surface area (Å²) in [5, 5.41) is 3.63. The van der Waals surface area contributed by atoms with Crippen LogP contribution in [0.2, 0.25) is 0 Å². The van der Waals surface area contributed by atoms with E-state index >= 15 is 0 Å². The summed E-state index contributed by atoms with van der Waals surface area (Å²) in [6.45, 7) is 9.89. The number of nitrogens with one attached hydrogen (secondary N) is 1. The number of hydrogen-bond acceptors (Lipinski definition) is 1. The van der Waals surface area contributed by atoms with Crippen molar-refractivity contribution in [1.29, 1.82) is 0 Å². The van der Waals surface area contributed by atoms with E-state index in [9.17, 15) is 0 Å². The normalized spacial score (nSPS) is 43.7. The fraction of sp³-hybridized carbons (Fsp3) is 1.00. The van der Waals surface area contributed by atoms with Gasteiger partial charge in [-0.05, 0) is 55.5 Å². The van der Waals surface area contributed by atoms with E-state index in [1.165, 1.54) is 38.8 Å². The Balaban J connectivity index is 2.20. The lowest BCUT2D eigenvalue weighted by Gasteiger charge is -2.40. The van der Waals surface area contributed by atoms with Gasteiger partial charge < -0.3 is 5.32 Å². The van der Waals surface area contributed by atoms with Gasteiger partial charge in [0.05, 0.1) is 0 Å². The van der Waals surface area contributed by atoms with Crippen LogP contribution in [0.25, 0.3) is 0 Å². The topological polar surface area (TPSA) is 12.0 Å². The van der Waals surface area contributed by atoms with E-state index in [-0.39, 0.29) is 0 Å². The van der Waals surface area contributed by atoms with Gasteiger partial charge >= 0.3 is 0 Å². The summed E-state index contributed by atoms with van der Waals surface area (Å²) in [5.74, 6) is 2.82. The quantitative estimate of drug-likeness (QED) is 0.678. The van der Waals surface area contributed by atoms with Gasteiger partial charge in [-0.25, -0.2) is 0 Å². The molecular formula is C13H25N. The number of rotatable bonds is 1. The zero-order chi connectivity index (χ0) is 10.2.